The minimum atomic E-state index is -2.95. The first-order valence-electron chi connectivity index (χ1n) is 8.30. The van der Waals surface area contributed by atoms with Gasteiger partial charge in [-0.2, -0.15) is 0 Å². The third-order valence-electron chi connectivity index (χ3n) is 4.47. The summed E-state index contributed by atoms with van der Waals surface area (Å²) in [6.07, 6.45) is 6.03. The van der Waals surface area contributed by atoms with Gasteiger partial charge in [0.25, 0.3) is 5.91 Å². The average Bonchev–Trinajstić information content (AvgIpc) is 2.54. The highest BCUT2D eigenvalue weighted by atomic mass is 32.2. The van der Waals surface area contributed by atoms with Crippen LogP contribution >= 0.6 is 0 Å². The molecule has 0 bridgehead atoms. The fourth-order valence-electron chi connectivity index (χ4n) is 2.98. The number of rotatable bonds is 6. The molecule has 1 amide bonds. The lowest BCUT2D eigenvalue weighted by Crippen LogP contribution is -2.43. The van der Waals surface area contributed by atoms with Gasteiger partial charge in [-0.3, -0.25) is 14.5 Å². The molecule has 0 unspecified atom stereocenters. The molecular formula is C15H26N2O5S. The number of esters is 1. The second kappa shape index (κ2) is 8.63. The molecule has 1 saturated heterocycles. The van der Waals surface area contributed by atoms with Crippen LogP contribution in [0.25, 0.3) is 0 Å². The fourth-order valence-corrected chi connectivity index (χ4v) is 4.26. The van der Waals surface area contributed by atoms with E-state index in [0.717, 1.165) is 12.8 Å². The number of hydrogen-bond acceptors (Lipinski definition) is 6. The van der Waals surface area contributed by atoms with Crippen LogP contribution < -0.4 is 5.32 Å². The van der Waals surface area contributed by atoms with Crippen molar-refractivity contribution in [1.29, 1.82) is 0 Å². The second-order valence-electron chi connectivity index (χ2n) is 6.40. The summed E-state index contributed by atoms with van der Waals surface area (Å²) in [6, 6.07) is 0. The van der Waals surface area contributed by atoms with E-state index >= 15 is 0 Å². The summed E-state index contributed by atoms with van der Waals surface area (Å²) >= 11 is 0. The molecule has 2 rings (SSSR count). The minimum Gasteiger partial charge on any atom is -0.455 e. The van der Waals surface area contributed by atoms with Gasteiger partial charge < -0.3 is 10.1 Å². The third kappa shape index (κ3) is 6.87. The van der Waals surface area contributed by atoms with Gasteiger partial charge >= 0.3 is 5.97 Å². The molecule has 1 saturated carbocycles. The molecule has 1 N–H and O–H groups in total. The third-order valence-corrected chi connectivity index (χ3v) is 6.08. The maximum atomic E-state index is 11.7. The zero-order valence-electron chi connectivity index (χ0n) is 13.5. The molecule has 0 aromatic rings. The number of nitrogens with zero attached hydrogens (tertiary/aromatic N) is 1. The Hall–Kier alpha value is -1.15. The van der Waals surface area contributed by atoms with Crippen molar-refractivity contribution in [2.75, 3.05) is 44.3 Å². The first-order chi connectivity index (χ1) is 10.9. The van der Waals surface area contributed by atoms with Crippen LogP contribution in [0.2, 0.25) is 0 Å². The molecule has 2 aliphatic rings. The summed E-state index contributed by atoms with van der Waals surface area (Å²) in [4.78, 5) is 25.1. The molecule has 23 heavy (non-hydrogen) atoms. The lowest BCUT2D eigenvalue weighted by atomic mass is 9.89. The Morgan fingerprint density at radius 1 is 1.09 bits per heavy atom. The van der Waals surface area contributed by atoms with Gasteiger partial charge in [0.15, 0.2) is 16.4 Å². The Labute approximate surface area is 137 Å². The number of carbonyl (C=O) groups is 2. The normalized spacial score (nSPS) is 22.4. The van der Waals surface area contributed by atoms with Crippen molar-refractivity contribution >= 4 is 21.7 Å². The molecule has 1 aliphatic carbocycles. The highest BCUT2D eigenvalue weighted by Crippen LogP contribution is 2.22. The van der Waals surface area contributed by atoms with E-state index in [1.165, 1.54) is 19.3 Å². The van der Waals surface area contributed by atoms with Gasteiger partial charge in [0.2, 0.25) is 0 Å². The van der Waals surface area contributed by atoms with E-state index in [4.69, 9.17) is 4.74 Å². The first-order valence-corrected chi connectivity index (χ1v) is 10.1. The smallest absolute Gasteiger partial charge is 0.320 e. The largest absolute Gasteiger partial charge is 0.455 e. The molecule has 0 atom stereocenters. The Balaban J connectivity index is 1.57. The molecule has 1 heterocycles. The topological polar surface area (TPSA) is 92.8 Å². The average molecular weight is 346 g/mol. The van der Waals surface area contributed by atoms with Crippen molar-refractivity contribution in [3.8, 4) is 0 Å². The summed E-state index contributed by atoms with van der Waals surface area (Å²) in [6.45, 7) is 1.10. The van der Waals surface area contributed by atoms with E-state index in [9.17, 15) is 18.0 Å². The van der Waals surface area contributed by atoms with E-state index in [0.29, 0.717) is 25.6 Å². The second-order valence-corrected chi connectivity index (χ2v) is 8.70. The zero-order chi connectivity index (χ0) is 16.7. The molecule has 0 aromatic carbocycles. The maximum Gasteiger partial charge on any atom is 0.320 e. The van der Waals surface area contributed by atoms with Gasteiger partial charge in [0.05, 0.1) is 18.1 Å². The van der Waals surface area contributed by atoms with Crippen molar-refractivity contribution in [1.82, 2.24) is 10.2 Å². The van der Waals surface area contributed by atoms with Gasteiger partial charge in [-0.25, -0.2) is 8.42 Å². The van der Waals surface area contributed by atoms with Crippen LogP contribution in [-0.2, 0) is 24.2 Å². The summed E-state index contributed by atoms with van der Waals surface area (Å²) in [5, 5.41) is 2.81. The number of amides is 1. The van der Waals surface area contributed by atoms with Gasteiger partial charge in [0.1, 0.15) is 0 Å². The van der Waals surface area contributed by atoms with E-state index < -0.39 is 15.8 Å². The Kier molecular flexibility index (Phi) is 6.83. The van der Waals surface area contributed by atoms with E-state index in [-0.39, 0.29) is 30.6 Å². The number of nitrogens with one attached hydrogen (secondary N) is 1. The lowest BCUT2D eigenvalue weighted by Gasteiger charge is -2.25. The Bertz CT molecular complexity index is 500. The van der Waals surface area contributed by atoms with Crippen molar-refractivity contribution < 1.29 is 22.7 Å². The molecule has 0 aromatic heterocycles. The summed E-state index contributed by atoms with van der Waals surface area (Å²) in [5.74, 6) is -0.0782. The number of hydrogen-bond donors (Lipinski definition) is 1. The van der Waals surface area contributed by atoms with E-state index in [1.54, 1.807) is 4.90 Å². The first kappa shape index (κ1) is 18.2. The van der Waals surface area contributed by atoms with Gasteiger partial charge in [-0.05, 0) is 18.8 Å². The summed E-state index contributed by atoms with van der Waals surface area (Å²) in [5.41, 5.74) is 0. The highest BCUT2D eigenvalue weighted by Gasteiger charge is 2.23. The highest BCUT2D eigenvalue weighted by molar-refractivity contribution is 7.91. The van der Waals surface area contributed by atoms with E-state index in [1.807, 2.05) is 0 Å². The quantitative estimate of drug-likeness (QED) is 0.678. The minimum absolute atomic E-state index is 0.0332. The van der Waals surface area contributed by atoms with Crippen LogP contribution in [0.4, 0.5) is 0 Å². The molecule has 0 radical (unpaired) electrons. The van der Waals surface area contributed by atoms with Crippen LogP contribution in [0.5, 0.6) is 0 Å². The summed E-state index contributed by atoms with van der Waals surface area (Å²) < 4.78 is 27.6. The summed E-state index contributed by atoms with van der Waals surface area (Å²) in [7, 11) is -2.95. The number of sulfone groups is 1. The molecule has 1 aliphatic heterocycles. The van der Waals surface area contributed by atoms with Crippen LogP contribution in [0, 0.1) is 5.92 Å². The van der Waals surface area contributed by atoms with Crippen LogP contribution in [-0.4, -0.2) is 69.5 Å². The van der Waals surface area contributed by atoms with E-state index in [2.05, 4.69) is 5.32 Å². The number of carbonyl (C=O) groups excluding carboxylic acids is 2. The van der Waals surface area contributed by atoms with Crippen molar-refractivity contribution in [2.45, 2.75) is 32.1 Å². The molecule has 8 heteroatoms. The lowest BCUT2D eigenvalue weighted by molar-refractivity contribution is -0.149. The predicted octanol–water partition coefficient (Wildman–Crippen LogP) is -0.0435. The molecular weight excluding hydrogens is 320 g/mol. The molecule has 2 fully saturated rings. The van der Waals surface area contributed by atoms with Crippen LogP contribution in [0.3, 0.4) is 0 Å². The molecule has 132 valence electrons. The van der Waals surface area contributed by atoms with Gasteiger partial charge in [-0.15, -0.1) is 0 Å². The van der Waals surface area contributed by atoms with Gasteiger partial charge in [0, 0.05) is 19.6 Å². The van der Waals surface area contributed by atoms with Crippen molar-refractivity contribution in [3.05, 3.63) is 0 Å². The zero-order valence-corrected chi connectivity index (χ0v) is 14.3. The van der Waals surface area contributed by atoms with Crippen LogP contribution in [0.15, 0.2) is 0 Å². The SMILES string of the molecule is O=C(COC(=O)CN1CCS(=O)(=O)CC1)NCC1CCCCC1. The Morgan fingerprint density at radius 3 is 2.39 bits per heavy atom. The van der Waals surface area contributed by atoms with Gasteiger partial charge in [-0.1, -0.05) is 19.3 Å². The fraction of sp³-hybridized carbons (Fsp3) is 0.867. The monoisotopic (exact) mass is 346 g/mol. The Morgan fingerprint density at radius 2 is 1.74 bits per heavy atom. The van der Waals surface area contributed by atoms with Crippen molar-refractivity contribution in [3.63, 3.8) is 0 Å². The standard InChI is InChI=1S/C15H26N2O5S/c18-14(16-10-13-4-2-1-3-5-13)12-22-15(19)11-17-6-8-23(20,21)9-7-17/h13H,1-12H2,(H,16,18). The maximum absolute atomic E-state index is 11.7. The van der Waals surface area contributed by atoms with Crippen molar-refractivity contribution in [2.24, 2.45) is 5.92 Å². The molecule has 7 nitrogen and oxygen atoms in total. The van der Waals surface area contributed by atoms with Crippen LogP contribution in [0.1, 0.15) is 32.1 Å². The predicted molar refractivity (Wildman–Crippen MR) is 85.6 cm³/mol. The number of ether oxygens (including phenoxy) is 1. The molecule has 0 spiro atoms.